The molecule has 31 heavy (non-hydrogen) atoms. The number of hydrogen-bond donors (Lipinski definition) is 1. The minimum Gasteiger partial charge on any atom is -0.382 e. The zero-order chi connectivity index (χ0) is 22.2. The fourth-order valence-corrected chi connectivity index (χ4v) is 5.05. The largest absolute Gasteiger partial charge is 0.382 e. The van der Waals surface area contributed by atoms with Crippen molar-refractivity contribution in [1.29, 1.82) is 0 Å². The van der Waals surface area contributed by atoms with Gasteiger partial charge in [-0.05, 0) is 57.2 Å². The predicted octanol–water partition coefficient (Wildman–Crippen LogP) is 4.65. The molecule has 6 nitrogen and oxygen atoms in total. The topological polar surface area (TPSA) is 73.2 Å². The molecule has 1 aliphatic rings. The van der Waals surface area contributed by atoms with Gasteiger partial charge in [-0.25, -0.2) is 4.98 Å². The number of aromatic nitrogens is 2. The molecule has 1 fully saturated rings. The summed E-state index contributed by atoms with van der Waals surface area (Å²) in [6, 6.07) is 5.10. The molecule has 1 atom stereocenters. The van der Waals surface area contributed by atoms with E-state index in [9.17, 15) is 9.59 Å². The van der Waals surface area contributed by atoms with E-state index in [4.69, 9.17) is 16.3 Å². The SMILES string of the molecule is CCOCCCn1c(SC(C)C(=O)NCC2CCCCC2)nc2cc(Cl)ccc2c1=O. The second-order valence-corrected chi connectivity index (χ2v) is 9.82. The van der Waals surface area contributed by atoms with Crippen LogP contribution in [0.15, 0.2) is 28.2 Å². The van der Waals surface area contributed by atoms with Gasteiger partial charge in [0.05, 0.1) is 16.2 Å². The number of ether oxygens (including phenoxy) is 1. The van der Waals surface area contributed by atoms with Crippen molar-refractivity contribution in [3.63, 3.8) is 0 Å². The zero-order valence-corrected chi connectivity index (χ0v) is 19.9. The number of fused-ring (bicyclic) bond motifs is 1. The molecule has 1 amide bonds. The summed E-state index contributed by atoms with van der Waals surface area (Å²) >= 11 is 7.44. The fraction of sp³-hybridized carbons (Fsp3) is 0.609. The van der Waals surface area contributed by atoms with Crippen LogP contribution in [0.5, 0.6) is 0 Å². The van der Waals surface area contributed by atoms with E-state index in [0.717, 1.165) is 6.54 Å². The number of carbonyl (C=O) groups is 1. The highest BCUT2D eigenvalue weighted by Gasteiger charge is 2.21. The molecule has 0 saturated heterocycles. The van der Waals surface area contributed by atoms with Crippen molar-refractivity contribution in [3.05, 3.63) is 33.6 Å². The van der Waals surface area contributed by atoms with Crippen LogP contribution < -0.4 is 10.9 Å². The highest BCUT2D eigenvalue weighted by Crippen LogP contribution is 2.25. The highest BCUT2D eigenvalue weighted by atomic mass is 35.5. The molecule has 1 unspecified atom stereocenters. The Kier molecular flexibility index (Phi) is 9.23. The Morgan fingerprint density at radius 2 is 2.13 bits per heavy atom. The first kappa shape index (κ1) is 24.1. The number of halogens is 1. The predicted molar refractivity (Wildman–Crippen MR) is 127 cm³/mol. The third kappa shape index (κ3) is 6.70. The monoisotopic (exact) mass is 465 g/mol. The Bertz CT molecular complexity index is 944. The number of rotatable bonds is 10. The second-order valence-electron chi connectivity index (χ2n) is 8.07. The van der Waals surface area contributed by atoms with E-state index < -0.39 is 0 Å². The number of nitrogens with zero attached hydrogens (tertiary/aromatic N) is 2. The molecule has 1 N–H and O–H groups in total. The smallest absolute Gasteiger partial charge is 0.262 e. The molecular formula is C23H32ClN3O3S. The molecule has 0 spiro atoms. The van der Waals surface area contributed by atoms with Crippen molar-refractivity contribution < 1.29 is 9.53 Å². The lowest BCUT2D eigenvalue weighted by Crippen LogP contribution is -2.36. The molecule has 1 heterocycles. The molecule has 0 radical (unpaired) electrons. The van der Waals surface area contributed by atoms with Crippen molar-refractivity contribution in [3.8, 4) is 0 Å². The summed E-state index contributed by atoms with van der Waals surface area (Å²) in [6.07, 6.45) is 6.88. The summed E-state index contributed by atoms with van der Waals surface area (Å²) in [6.45, 7) is 6.24. The van der Waals surface area contributed by atoms with Crippen molar-refractivity contribution >= 4 is 40.2 Å². The molecule has 1 aliphatic carbocycles. The third-order valence-corrected chi connectivity index (χ3v) is 7.02. The average Bonchev–Trinajstić information content (AvgIpc) is 2.77. The quantitative estimate of drug-likeness (QED) is 0.314. The van der Waals surface area contributed by atoms with E-state index in [0.29, 0.717) is 53.2 Å². The van der Waals surface area contributed by atoms with E-state index >= 15 is 0 Å². The molecule has 0 bridgehead atoms. The summed E-state index contributed by atoms with van der Waals surface area (Å²) < 4.78 is 7.08. The minimum atomic E-state index is -0.356. The summed E-state index contributed by atoms with van der Waals surface area (Å²) in [5.41, 5.74) is 0.436. The number of hydrogen-bond acceptors (Lipinski definition) is 5. The van der Waals surface area contributed by atoms with Gasteiger partial charge < -0.3 is 10.1 Å². The Morgan fingerprint density at radius 3 is 2.87 bits per heavy atom. The molecule has 2 aromatic rings. The molecule has 170 valence electrons. The second kappa shape index (κ2) is 11.9. The van der Waals surface area contributed by atoms with Gasteiger partial charge in [0.25, 0.3) is 5.56 Å². The molecule has 1 aromatic heterocycles. The van der Waals surface area contributed by atoms with Crippen LogP contribution in [-0.4, -0.2) is 40.5 Å². The maximum Gasteiger partial charge on any atom is 0.262 e. The van der Waals surface area contributed by atoms with E-state index in [-0.39, 0.29) is 16.7 Å². The highest BCUT2D eigenvalue weighted by molar-refractivity contribution is 8.00. The number of carbonyl (C=O) groups excluding carboxylic acids is 1. The van der Waals surface area contributed by atoms with Gasteiger partial charge in [-0.3, -0.25) is 14.2 Å². The zero-order valence-electron chi connectivity index (χ0n) is 18.4. The first-order valence-corrected chi connectivity index (χ1v) is 12.5. The Morgan fingerprint density at radius 1 is 1.35 bits per heavy atom. The lowest BCUT2D eigenvalue weighted by molar-refractivity contribution is -0.120. The number of benzene rings is 1. The van der Waals surface area contributed by atoms with Gasteiger partial charge in [0.2, 0.25) is 5.91 Å². The third-order valence-electron chi connectivity index (χ3n) is 5.70. The van der Waals surface area contributed by atoms with Gasteiger partial charge in [-0.2, -0.15) is 0 Å². The lowest BCUT2D eigenvalue weighted by Gasteiger charge is -2.22. The summed E-state index contributed by atoms with van der Waals surface area (Å²) in [5.74, 6) is 0.560. The van der Waals surface area contributed by atoms with Crippen LogP contribution in [0.2, 0.25) is 5.02 Å². The molecule has 0 aliphatic heterocycles. The van der Waals surface area contributed by atoms with Gasteiger partial charge in [-0.1, -0.05) is 42.6 Å². The first-order valence-electron chi connectivity index (χ1n) is 11.2. The van der Waals surface area contributed by atoms with Gasteiger partial charge in [0.15, 0.2) is 5.16 Å². The van der Waals surface area contributed by atoms with Gasteiger partial charge in [0.1, 0.15) is 0 Å². The van der Waals surface area contributed by atoms with Crippen molar-refractivity contribution in [2.75, 3.05) is 19.8 Å². The number of nitrogens with one attached hydrogen (secondary N) is 1. The summed E-state index contributed by atoms with van der Waals surface area (Å²) in [7, 11) is 0. The van der Waals surface area contributed by atoms with Crippen LogP contribution in [0.1, 0.15) is 52.4 Å². The number of amides is 1. The van der Waals surface area contributed by atoms with Gasteiger partial charge in [-0.15, -0.1) is 0 Å². The van der Waals surface area contributed by atoms with Crippen LogP contribution in [-0.2, 0) is 16.1 Å². The normalized spacial score (nSPS) is 15.8. The molecule has 8 heteroatoms. The van der Waals surface area contributed by atoms with Crippen LogP contribution in [0.4, 0.5) is 0 Å². The molecule has 3 rings (SSSR count). The maximum absolute atomic E-state index is 13.1. The minimum absolute atomic E-state index is 0.0168. The molecule has 1 aromatic carbocycles. The van der Waals surface area contributed by atoms with Crippen LogP contribution in [0.25, 0.3) is 10.9 Å². The van der Waals surface area contributed by atoms with E-state index in [1.54, 1.807) is 22.8 Å². The number of thioether (sulfide) groups is 1. The Hall–Kier alpha value is -1.57. The van der Waals surface area contributed by atoms with Gasteiger partial charge in [0, 0.05) is 31.3 Å². The van der Waals surface area contributed by atoms with Crippen LogP contribution in [0.3, 0.4) is 0 Å². The van der Waals surface area contributed by atoms with Crippen LogP contribution >= 0.6 is 23.4 Å². The maximum atomic E-state index is 13.1. The Balaban J connectivity index is 1.75. The van der Waals surface area contributed by atoms with Crippen molar-refractivity contribution in [1.82, 2.24) is 14.9 Å². The van der Waals surface area contributed by atoms with E-state index in [2.05, 4.69) is 10.3 Å². The van der Waals surface area contributed by atoms with Gasteiger partial charge >= 0.3 is 0 Å². The average molecular weight is 466 g/mol. The first-order chi connectivity index (χ1) is 15.0. The fourth-order valence-electron chi connectivity index (χ4n) is 3.92. The summed E-state index contributed by atoms with van der Waals surface area (Å²) in [5, 5.41) is 4.34. The standard InChI is InChI=1S/C23H32ClN3O3S/c1-3-30-13-7-12-27-22(29)19-11-10-18(24)14-20(19)26-23(27)31-16(2)21(28)25-15-17-8-5-4-6-9-17/h10-11,14,16-17H,3-9,12-13,15H2,1-2H3,(H,25,28). The van der Waals surface area contributed by atoms with E-state index in [1.807, 2.05) is 13.8 Å². The van der Waals surface area contributed by atoms with E-state index in [1.165, 1.54) is 43.9 Å². The summed E-state index contributed by atoms with van der Waals surface area (Å²) in [4.78, 5) is 30.5. The van der Waals surface area contributed by atoms with Crippen molar-refractivity contribution in [2.24, 2.45) is 5.92 Å². The van der Waals surface area contributed by atoms with Crippen LogP contribution in [0, 0.1) is 5.92 Å². The molecular weight excluding hydrogens is 434 g/mol. The Labute approximate surface area is 193 Å². The van der Waals surface area contributed by atoms with Crippen molar-refractivity contribution in [2.45, 2.75) is 69.3 Å². The lowest BCUT2D eigenvalue weighted by atomic mass is 9.89. The molecule has 1 saturated carbocycles.